The number of aryl methyl sites for hydroxylation is 1. The van der Waals surface area contributed by atoms with Gasteiger partial charge in [0.25, 0.3) is 0 Å². The normalized spacial score (nSPS) is 22.0. The summed E-state index contributed by atoms with van der Waals surface area (Å²) < 4.78 is 19.6. The number of anilines is 1. The third kappa shape index (κ3) is 6.96. The number of hydrogen-bond acceptors (Lipinski definition) is 4. The van der Waals surface area contributed by atoms with E-state index < -0.39 is 5.60 Å². The summed E-state index contributed by atoms with van der Waals surface area (Å²) in [5.74, 6) is 0.535. The number of halogens is 2. The lowest BCUT2D eigenvalue weighted by atomic mass is 9.95. The molecule has 1 aromatic rings. The average Bonchev–Trinajstić information content (AvgIpc) is 2.69. The number of nitrogens with zero attached hydrogens (tertiary/aromatic N) is 2. The minimum absolute atomic E-state index is 0. The van der Waals surface area contributed by atoms with Crippen LogP contribution in [0.15, 0.2) is 23.2 Å². The van der Waals surface area contributed by atoms with Crippen LogP contribution in [0.1, 0.15) is 38.2 Å². The molecular weight excluding hydrogens is 486 g/mol. The molecule has 6 nitrogen and oxygen atoms in total. The van der Waals surface area contributed by atoms with Crippen LogP contribution in [0.4, 0.5) is 10.1 Å². The monoisotopic (exact) mass is 520 g/mol. The molecule has 0 aromatic heterocycles. The number of aliphatic imine (C=N–C) groups is 1. The van der Waals surface area contributed by atoms with Crippen molar-refractivity contribution < 1.29 is 14.2 Å². The van der Waals surface area contributed by atoms with Gasteiger partial charge < -0.3 is 25.4 Å². The average molecular weight is 520 g/mol. The van der Waals surface area contributed by atoms with Crippen LogP contribution in [0, 0.1) is 12.7 Å². The Labute approximate surface area is 190 Å². The third-order valence-corrected chi connectivity index (χ3v) is 5.50. The Kier molecular flexibility index (Phi) is 9.42. The van der Waals surface area contributed by atoms with Crippen molar-refractivity contribution >= 4 is 35.6 Å². The molecule has 1 atom stereocenters. The third-order valence-electron chi connectivity index (χ3n) is 5.50. The Bertz CT molecular complexity index is 683. The molecule has 2 aliphatic rings. The maximum absolute atomic E-state index is 14.3. The van der Waals surface area contributed by atoms with Gasteiger partial charge in [-0.1, -0.05) is 6.07 Å². The second kappa shape index (κ2) is 11.3. The zero-order chi connectivity index (χ0) is 20.0. The first-order valence-corrected chi connectivity index (χ1v) is 10.4. The van der Waals surface area contributed by atoms with Crippen LogP contribution in [0.2, 0.25) is 0 Å². The van der Waals surface area contributed by atoms with Gasteiger partial charge in [-0.15, -0.1) is 24.0 Å². The van der Waals surface area contributed by atoms with Gasteiger partial charge in [-0.05, 0) is 44.4 Å². The molecule has 2 saturated heterocycles. The van der Waals surface area contributed by atoms with E-state index in [2.05, 4.69) is 20.5 Å². The fourth-order valence-electron chi connectivity index (χ4n) is 3.83. The molecule has 3 N–H and O–H groups in total. The van der Waals surface area contributed by atoms with Crippen LogP contribution in [-0.2, 0) is 4.74 Å². The fraction of sp³-hybridized carbons (Fsp3) is 0.667. The van der Waals surface area contributed by atoms with Gasteiger partial charge in [0.2, 0.25) is 0 Å². The molecule has 29 heavy (non-hydrogen) atoms. The highest BCUT2D eigenvalue weighted by atomic mass is 127. The van der Waals surface area contributed by atoms with E-state index in [9.17, 15) is 9.50 Å². The second-order valence-electron chi connectivity index (χ2n) is 7.92. The first-order valence-electron chi connectivity index (χ1n) is 10.4. The SMILES string of the molecule is CCNC(=NCC1(O)CCOCC1)NC1CCCN(c2cc(C)ccc2F)C1.I. The molecule has 0 bridgehead atoms. The Balaban J connectivity index is 0.00000300. The van der Waals surface area contributed by atoms with E-state index in [1.807, 2.05) is 19.9 Å². The van der Waals surface area contributed by atoms with E-state index in [4.69, 9.17) is 4.74 Å². The largest absolute Gasteiger partial charge is 0.388 e. The van der Waals surface area contributed by atoms with E-state index in [1.165, 1.54) is 0 Å². The van der Waals surface area contributed by atoms with Crippen LogP contribution < -0.4 is 15.5 Å². The summed E-state index contributed by atoms with van der Waals surface area (Å²) in [4.78, 5) is 6.74. The molecule has 0 amide bonds. The molecule has 3 rings (SSSR count). The van der Waals surface area contributed by atoms with E-state index in [0.29, 0.717) is 44.2 Å². The van der Waals surface area contributed by atoms with Crippen molar-refractivity contribution in [2.24, 2.45) is 4.99 Å². The number of guanidine groups is 1. The first kappa shape index (κ1) is 24.1. The number of piperidine rings is 1. The topological polar surface area (TPSA) is 69.1 Å². The molecular formula is C21H34FIN4O2. The van der Waals surface area contributed by atoms with Crippen LogP contribution in [0.3, 0.4) is 0 Å². The summed E-state index contributed by atoms with van der Waals surface area (Å²) in [5.41, 5.74) is 0.945. The summed E-state index contributed by atoms with van der Waals surface area (Å²) in [5, 5.41) is 17.4. The lowest BCUT2D eigenvalue weighted by Gasteiger charge is -2.36. The Morgan fingerprint density at radius 3 is 2.86 bits per heavy atom. The molecule has 0 radical (unpaired) electrons. The van der Waals surface area contributed by atoms with E-state index in [-0.39, 0.29) is 35.8 Å². The van der Waals surface area contributed by atoms with Crippen molar-refractivity contribution in [2.75, 3.05) is 44.3 Å². The van der Waals surface area contributed by atoms with Gasteiger partial charge in [-0.25, -0.2) is 4.39 Å². The number of benzene rings is 1. The standard InChI is InChI=1S/C21H33FN4O2.HI/c1-3-23-20(24-15-21(27)8-11-28-12-9-21)25-17-5-4-10-26(14-17)19-13-16(2)6-7-18(19)22;/h6-7,13,17,27H,3-5,8-12,14-15H2,1-2H3,(H2,23,24,25);1H. The zero-order valence-corrected chi connectivity index (χ0v) is 19.7. The molecule has 2 heterocycles. The number of nitrogens with one attached hydrogen (secondary N) is 2. The Hall–Kier alpha value is -1.13. The van der Waals surface area contributed by atoms with Crippen LogP contribution in [0.25, 0.3) is 0 Å². The summed E-state index contributed by atoms with van der Waals surface area (Å²) in [6.07, 6.45) is 3.22. The Morgan fingerprint density at radius 1 is 1.38 bits per heavy atom. The highest BCUT2D eigenvalue weighted by Gasteiger charge is 2.30. The maximum atomic E-state index is 14.3. The minimum Gasteiger partial charge on any atom is -0.388 e. The molecule has 164 valence electrons. The van der Waals surface area contributed by atoms with Gasteiger partial charge in [0, 0.05) is 51.7 Å². The molecule has 1 unspecified atom stereocenters. The van der Waals surface area contributed by atoms with E-state index in [0.717, 1.165) is 38.0 Å². The molecule has 0 aliphatic carbocycles. The maximum Gasteiger partial charge on any atom is 0.191 e. The first-order chi connectivity index (χ1) is 13.5. The van der Waals surface area contributed by atoms with E-state index in [1.54, 1.807) is 12.1 Å². The lowest BCUT2D eigenvalue weighted by molar-refractivity contribution is -0.0566. The summed E-state index contributed by atoms with van der Waals surface area (Å²) >= 11 is 0. The van der Waals surface area contributed by atoms with Crippen molar-refractivity contribution in [3.8, 4) is 0 Å². The van der Waals surface area contributed by atoms with E-state index >= 15 is 0 Å². The lowest BCUT2D eigenvalue weighted by Crippen LogP contribution is -2.52. The van der Waals surface area contributed by atoms with Crippen LogP contribution in [-0.4, -0.2) is 62.1 Å². The highest BCUT2D eigenvalue weighted by Crippen LogP contribution is 2.24. The predicted octanol–water partition coefficient (Wildman–Crippen LogP) is 2.82. The zero-order valence-electron chi connectivity index (χ0n) is 17.4. The molecule has 0 spiro atoms. The minimum atomic E-state index is -0.788. The van der Waals surface area contributed by atoms with Crippen molar-refractivity contribution in [1.29, 1.82) is 0 Å². The summed E-state index contributed by atoms with van der Waals surface area (Å²) in [6.45, 7) is 7.85. The molecule has 1 aromatic carbocycles. The number of aliphatic hydroxyl groups is 1. The van der Waals surface area contributed by atoms with Crippen molar-refractivity contribution in [3.05, 3.63) is 29.6 Å². The number of ether oxygens (including phenoxy) is 1. The number of rotatable bonds is 5. The highest BCUT2D eigenvalue weighted by molar-refractivity contribution is 14.0. The quantitative estimate of drug-likeness (QED) is 0.317. The Morgan fingerprint density at radius 2 is 2.14 bits per heavy atom. The summed E-state index contributed by atoms with van der Waals surface area (Å²) in [7, 11) is 0. The predicted molar refractivity (Wildman–Crippen MR) is 126 cm³/mol. The summed E-state index contributed by atoms with van der Waals surface area (Å²) in [6, 6.07) is 5.44. The number of hydrogen-bond donors (Lipinski definition) is 3. The van der Waals surface area contributed by atoms with Gasteiger partial charge in [0.05, 0.1) is 17.8 Å². The van der Waals surface area contributed by atoms with Gasteiger partial charge in [-0.3, -0.25) is 4.99 Å². The molecule has 2 fully saturated rings. The van der Waals surface area contributed by atoms with Crippen molar-refractivity contribution in [2.45, 2.75) is 51.2 Å². The van der Waals surface area contributed by atoms with Crippen LogP contribution in [0.5, 0.6) is 0 Å². The molecule has 0 saturated carbocycles. The fourth-order valence-corrected chi connectivity index (χ4v) is 3.83. The van der Waals surface area contributed by atoms with Crippen LogP contribution >= 0.6 is 24.0 Å². The van der Waals surface area contributed by atoms with Gasteiger partial charge in [-0.2, -0.15) is 0 Å². The van der Waals surface area contributed by atoms with Crippen molar-refractivity contribution in [1.82, 2.24) is 10.6 Å². The van der Waals surface area contributed by atoms with Gasteiger partial charge >= 0.3 is 0 Å². The molecule has 2 aliphatic heterocycles. The molecule has 8 heteroatoms. The van der Waals surface area contributed by atoms with Gasteiger partial charge in [0.1, 0.15) is 5.82 Å². The smallest absolute Gasteiger partial charge is 0.191 e. The van der Waals surface area contributed by atoms with Gasteiger partial charge in [0.15, 0.2) is 5.96 Å². The second-order valence-corrected chi connectivity index (χ2v) is 7.92. The van der Waals surface area contributed by atoms with Crippen molar-refractivity contribution in [3.63, 3.8) is 0 Å².